The summed E-state index contributed by atoms with van der Waals surface area (Å²) in [6.07, 6.45) is 3.43. The summed E-state index contributed by atoms with van der Waals surface area (Å²) in [5.41, 5.74) is 0.833. The molecule has 0 saturated carbocycles. The predicted octanol–water partition coefficient (Wildman–Crippen LogP) is 4.29. The molecule has 1 saturated heterocycles. The van der Waals surface area contributed by atoms with Gasteiger partial charge in [0.25, 0.3) is 0 Å². The maximum atomic E-state index is 12.6. The second kappa shape index (κ2) is 7.86. The number of hydrogen-bond donors (Lipinski definition) is 1. The van der Waals surface area contributed by atoms with Gasteiger partial charge in [-0.1, -0.05) is 30.3 Å². The first-order valence-electron chi connectivity index (χ1n) is 8.61. The maximum absolute atomic E-state index is 12.6. The lowest BCUT2D eigenvalue weighted by Crippen LogP contribution is -2.43. The fraction of sp³-hybridized carbons (Fsp3) is 0.350. The molecule has 126 valence electrons. The van der Waals surface area contributed by atoms with Crippen LogP contribution in [0.5, 0.6) is 11.5 Å². The van der Waals surface area contributed by atoms with Crippen LogP contribution in [0.25, 0.3) is 0 Å². The number of piperidine rings is 1. The van der Waals surface area contributed by atoms with Crippen LogP contribution in [0.15, 0.2) is 54.6 Å². The zero-order valence-corrected chi connectivity index (χ0v) is 14.1. The molecule has 0 aromatic heterocycles. The summed E-state index contributed by atoms with van der Waals surface area (Å²) >= 11 is 0. The molecule has 1 atom stereocenters. The molecule has 1 aliphatic rings. The lowest BCUT2D eigenvalue weighted by Gasteiger charge is -2.30. The van der Waals surface area contributed by atoms with Gasteiger partial charge in [-0.05, 0) is 50.5 Å². The molecule has 1 N–H and O–H groups in total. The Bertz CT molecular complexity index is 666. The SMILES string of the molecule is CC(Nc1ccccc1Oc1ccccc1)C(=O)N1CCCCC1. The minimum atomic E-state index is -0.274. The third-order valence-corrected chi connectivity index (χ3v) is 4.27. The van der Waals surface area contributed by atoms with Gasteiger partial charge in [0.15, 0.2) is 5.75 Å². The third-order valence-electron chi connectivity index (χ3n) is 4.27. The number of anilines is 1. The van der Waals surface area contributed by atoms with Crippen molar-refractivity contribution in [3.8, 4) is 11.5 Å². The normalized spacial score (nSPS) is 15.6. The number of para-hydroxylation sites is 3. The molecule has 1 unspecified atom stereocenters. The molecule has 1 heterocycles. The van der Waals surface area contributed by atoms with Crippen molar-refractivity contribution < 1.29 is 9.53 Å². The molecule has 0 spiro atoms. The van der Waals surface area contributed by atoms with Crippen molar-refractivity contribution in [3.63, 3.8) is 0 Å². The fourth-order valence-electron chi connectivity index (χ4n) is 2.97. The van der Waals surface area contributed by atoms with Gasteiger partial charge in [-0.3, -0.25) is 4.79 Å². The highest BCUT2D eigenvalue weighted by atomic mass is 16.5. The van der Waals surface area contributed by atoms with Crippen molar-refractivity contribution in [1.82, 2.24) is 4.90 Å². The van der Waals surface area contributed by atoms with Crippen LogP contribution in [0.2, 0.25) is 0 Å². The molecule has 1 fully saturated rings. The monoisotopic (exact) mass is 324 g/mol. The van der Waals surface area contributed by atoms with Crippen molar-refractivity contribution in [2.75, 3.05) is 18.4 Å². The lowest BCUT2D eigenvalue weighted by molar-refractivity contribution is -0.132. The standard InChI is InChI=1S/C20H24N2O2/c1-16(20(23)22-14-8-3-9-15-22)21-18-12-6-7-13-19(18)24-17-10-4-2-5-11-17/h2,4-7,10-13,16,21H,3,8-9,14-15H2,1H3. The van der Waals surface area contributed by atoms with Crippen molar-refractivity contribution in [2.45, 2.75) is 32.2 Å². The van der Waals surface area contributed by atoms with E-state index in [2.05, 4.69) is 5.32 Å². The molecule has 0 bridgehead atoms. The van der Waals surface area contributed by atoms with E-state index in [4.69, 9.17) is 4.74 Å². The summed E-state index contributed by atoms with van der Waals surface area (Å²) in [5, 5.41) is 3.31. The van der Waals surface area contributed by atoms with Crippen LogP contribution in [0.4, 0.5) is 5.69 Å². The van der Waals surface area contributed by atoms with Gasteiger partial charge in [-0.15, -0.1) is 0 Å². The Kier molecular flexibility index (Phi) is 5.36. The highest BCUT2D eigenvalue weighted by Gasteiger charge is 2.22. The highest BCUT2D eigenvalue weighted by Crippen LogP contribution is 2.29. The summed E-state index contributed by atoms with van der Waals surface area (Å²) < 4.78 is 5.95. The minimum absolute atomic E-state index is 0.157. The first-order chi connectivity index (χ1) is 11.7. The number of likely N-dealkylation sites (tertiary alicyclic amines) is 1. The largest absolute Gasteiger partial charge is 0.455 e. The van der Waals surface area contributed by atoms with Gasteiger partial charge in [0.1, 0.15) is 11.8 Å². The Balaban J connectivity index is 1.69. The number of carbonyl (C=O) groups excluding carboxylic acids is 1. The molecule has 1 amide bonds. The lowest BCUT2D eigenvalue weighted by atomic mass is 10.1. The molecule has 2 aromatic rings. The molecular weight excluding hydrogens is 300 g/mol. The number of rotatable bonds is 5. The average Bonchev–Trinajstić information content (AvgIpc) is 2.64. The van der Waals surface area contributed by atoms with Gasteiger partial charge in [-0.25, -0.2) is 0 Å². The molecule has 24 heavy (non-hydrogen) atoms. The van der Waals surface area contributed by atoms with E-state index in [1.165, 1.54) is 6.42 Å². The molecular formula is C20H24N2O2. The average molecular weight is 324 g/mol. The van der Waals surface area contributed by atoms with Gasteiger partial charge in [0.05, 0.1) is 5.69 Å². The van der Waals surface area contributed by atoms with Gasteiger partial charge in [0, 0.05) is 13.1 Å². The third kappa shape index (κ3) is 4.07. The van der Waals surface area contributed by atoms with E-state index in [0.717, 1.165) is 43.1 Å². The zero-order chi connectivity index (χ0) is 16.8. The first kappa shape index (κ1) is 16.4. The first-order valence-corrected chi connectivity index (χ1v) is 8.61. The maximum Gasteiger partial charge on any atom is 0.244 e. The summed E-state index contributed by atoms with van der Waals surface area (Å²) in [5.74, 6) is 1.66. The van der Waals surface area contributed by atoms with Crippen molar-refractivity contribution in [2.24, 2.45) is 0 Å². The van der Waals surface area contributed by atoms with E-state index in [1.54, 1.807) is 0 Å². The summed E-state index contributed by atoms with van der Waals surface area (Å²) in [6, 6.07) is 17.1. The zero-order valence-electron chi connectivity index (χ0n) is 14.1. The van der Waals surface area contributed by atoms with E-state index in [1.807, 2.05) is 66.4 Å². The Morgan fingerprint density at radius 3 is 2.42 bits per heavy atom. The van der Waals surface area contributed by atoms with Crippen LogP contribution in [-0.4, -0.2) is 29.9 Å². The molecule has 2 aromatic carbocycles. The molecule has 1 aliphatic heterocycles. The quantitative estimate of drug-likeness (QED) is 0.892. The van der Waals surface area contributed by atoms with Gasteiger partial charge in [0.2, 0.25) is 5.91 Å². The van der Waals surface area contributed by atoms with Crippen LogP contribution in [0.1, 0.15) is 26.2 Å². The summed E-state index contributed by atoms with van der Waals surface area (Å²) in [4.78, 5) is 14.6. The number of ether oxygens (including phenoxy) is 1. The van der Waals surface area contributed by atoms with Crippen LogP contribution in [0.3, 0.4) is 0 Å². The van der Waals surface area contributed by atoms with Crippen LogP contribution in [-0.2, 0) is 4.79 Å². The minimum Gasteiger partial charge on any atom is -0.455 e. The Morgan fingerprint density at radius 1 is 1.00 bits per heavy atom. The number of amides is 1. The number of carbonyl (C=O) groups is 1. The Hall–Kier alpha value is -2.49. The van der Waals surface area contributed by atoms with Crippen molar-refractivity contribution in [3.05, 3.63) is 54.6 Å². The summed E-state index contributed by atoms with van der Waals surface area (Å²) in [6.45, 7) is 3.65. The second-order valence-electron chi connectivity index (χ2n) is 6.16. The van der Waals surface area contributed by atoms with Gasteiger partial charge < -0.3 is 15.0 Å². The predicted molar refractivity (Wildman–Crippen MR) is 96.5 cm³/mol. The van der Waals surface area contributed by atoms with E-state index < -0.39 is 0 Å². The number of nitrogens with one attached hydrogen (secondary N) is 1. The van der Waals surface area contributed by atoms with Gasteiger partial charge >= 0.3 is 0 Å². The Labute approximate surface area is 143 Å². The van der Waals surface area contributed by atoms with Crippen LogP contribution >= 0.6 is 0 Å². The van der Waals surface area contributed by atoms with E-state index >= 15 is 0 Å². The van der Waals surface area contributed by atoms with E-state index in [9.17, 15) is 4.79 Å². The number of benzene rings is 2. The van der Waals surface area contributed by atoms with Crippen LogP contribution < -0.4 is 10.1 Å². The summed E-state index contributed by atoms with van der Waals surface area (Å²) in [7, 11) is 0. The molecule has 0 radical (unpaired) electrons. The molecule has 4 heteroatoms. The number of hydrogen-bond acceptors (Lipinski definition) is 3. The highest BCUT2D eigenvalue weighted by molar-refractivity contribution is 5.85. The van der Waals surface area contributed by atoms with E-state index in [-0.39, 0.29) is 11.9 Å². The molecule has 0 aliphatic carbocycles. The molecule has 4 nitrogen and oxygen atoms in total. The second-order valence-corrected chi connectivity index (χ2v) is 6.16. The topological polar surface area (TPSA) is 41.6 Å². The molecule has 3 rings (SSSR count). The Morgan fingerprint density at radius 2 is 1.67 bits per heavy atom. The van der Waals surface area contributed by atoms with Gasteiger partial charge in [-0.2, -0.15) is 0 Å². The van der Waals surface area contributed by atoms with E-state index in [0.29, 0.717) is 0 Å². The van der Waals surface area contributed by atoms with Crippen LogP contribution in [0, 0.1) is 0 Å². The smallest absolute Gasteiger partial charge is 0.244 e. The van der Waals surface area contributed by atoms with Crippen molar-refractivity contribution >= 4 is 11.6 Å². The fourth-order valence-corrected chi connectivity index (χ4v) is 2.97. The number of nitrogens with zero attached hydrogens (tertiary/aromatic N) is 1. The van der Waals surface area contributed by atoms with Crippen molar-refractivity contribution in [1.29, 1.82) is 0 Å².